The van der Waals surface area contributed by atoms with Crippen LogP contribution in [0.15, 0.2) is 23.1 Å². The molecule has 0 unspecified atom stereocenters. The number of hydrogen-bond donors (Lipinski definition) is 0. The summed E-state index contributed by atoms with van der Waals surface area (Å²) in [5, 5.41) is 0. The Labute approximate surface area is 119 Å². The number of nitrogens with zero attached hydrogens (tertiary/aromatic N) is 1. The monoisotopic (exact) mass is 297 g/mol. The lowest BCUT2D eigenvalue weighted by atomic mass is 10.1. The Morgan fingerprint density at radius 2 is 1.80 bits per heavy atom. The van der Waals surface area contributed by atoms with Gasteiger partial charge < -0.3 is 4.74 Å². The summed E-state index contributed by atoms with van der Waals surface area (Å²) in [6.45, 7) is 6.28. The van der Waals surface area contributed by atoms with Crippen molar-refractivity contribution in [3.63, 3.8) is 0 Å². The Balaban J connectivity index is 2.18. The third-order valence-corrected chi connectivity index (χ3v) is 4.09. The van der Waals surface area contributed by atoms with Gasteiger partial charge in [0, 0.05) is 19.3 Å². The number of hydrogen-bond acceptors (Lipinski definition) is 4. The van der Waals surface area contributed by atoms with E-state index in [2.05, 4.69) is 0 Å². The summed E-state index contributed by atoms with van der Waals surface area (Å²) in [4.78, 5) is 13.8. The highest BCUT2D eigenvalue weighted by Gasteiger charge is 2.28. The maximum absolute atomic E-state index is 12.0. The van der Waals surface area contributed by atoms with E-state index in [0.717, 1.165) is 11.1 Å². The number of fused-ring (bicyclic) bond motifs is 1. The summed E-state index contributed by atoms with van der Waals surface area (Å²) in [5.74, 6) is 0. The fourth-order valence-corrected chi connectivity index (χ4v) is 2.73. The molecule has 0 atom stereocenters. The van der Waals surface area contributed by atoms with Gasteiger partial charge in [0.1, 0.15) is 5.60 Å². The zero-order valence-electron chi connectivity index (χ0n) is 12.1. The van der Waals surface area contributed by atoms with Crippen molar-refractivity contribution in [3.8, 4) is 0 Å². The van der Waals surface area contributed by atoms with E-state index in [1.807, 2.05) is 20.8 Å². The van der Waals surface area contributed by atoms with Crippen LogP contribution in [0.2, 0.25) is 0 Å². The van der Waals surface area contributed by atoms with E-state index < -0.39 is 15.4 Å². The zero-order chi connectivity index (χ0) is 15.1. The summed E-state index contributed by atoms with van der Waals surface area (Å²) in [7, 11) is -3.23. The lowest BCUT2D eigenvalue weighted by Crippen LogP contribution is -2.33. The number of ether oxygens (including phenoxy) is 1. The van der Waals surface area contributed by atoms with Gasteiger partial charge in [0.15, 0.2) is 9.84 Å². The van der Waals surface area contributed by atoms with Crippen LogP contribution in [0.1, 0.15) is 31.9 Å². The molecule has 0 saturated heterocycles. The van der Waals surface area contributed by atoms with Crippen molar-refractivity contribution in [2.24, 2.45) is 0 Å². The predicted molar refractivity (Wildman–Crippen MR) is 75.0 cm³/mol. The fourth-order valence-electron chi connectivity index (χ4n) is 2.06. The van der Waals surface area contributed by atoms with Gasteiger partial charge in [-0.15, -0.1) is 0 Å². The van der Waals surface area contributed by atoms with Gasteiger partial charge in [-0.2, -0.15) is 0 Å². The molecule has 0 spiro atoms. The van der Waals surface area contributed by atoms with E-state index in [4.69, 9.17) is 4.74 Å². The van der Waals surface area contributed by atoms with E-state index in [-0.39, 0.29) is 11.0 Å². The number of carbonyl (C=O) groups excluding carboxylic acids is 1. The molecule has 0 radical (unpaired) electrons. The summed E-state index contributed by atoms with van der Waals surface area (Å²) in [6, 6.07) is 4.97. The molecule has 20 heavy (non-hydrogen) atoms. The van der Waals surface area contributed by atoms with Crippen LogP contribution in [0.5, 0.6) is 0 Å². The Bertz CT molecular complexity index is 644. The first kappa shape index (κ1) is 14.8. The first-order valence-electron chi connectivity index (χ1n) is 6.36. The average Bonchev–Trinajstić information content (AvgIpc) is 2.67. The van der Waals surface area contributed by atoms with Crippen molar-refractivity contribution in [2.75, 3.05) is 6.26 Å². The molecule has 1 aliphatic heterocycles. The lowest BCUT2D eigenvalue weighted by Gasteiger charge is -2.24. The van der Waals surface area contributed by atoms with Gasteiger partial charge in [0.25, 0.3) is 0 Å². The Morgan fingerprint density at radius 1 is 1.20 bits per heavy atom. The van der Waals surface area contributed by atoms with Gasteiger partial charge >= 0.3 is 6.09 Å². The number of carbonyl (C=O) groups is 1. The largest absolute Gasteiger partial charge is 0.444 e. The van der Waals surface area contributed by atoms with Crippen molar-refractivity contribution in [3.05, 3.63) is 29.3 Å². The summed E-state index contributed by atoms with van der Waals surface area (Å²) in [5.41, 5.74) is 1.28. The molecule has 0 saturated carbocycles. The van der Waals surface area contributed by atoms with E-state index in [1.165, 1.54) is 6.26 Å². The molecule has 1 heterocycles. The molecule has 1 aliphatic rings. The highest BCUT2D eigenvalue weighted by molar-refractivity contribution is 7.90. The molecule has 0 aliphatic carbocycles. The molecule has 5 nitrogen and oxygen atoms in total. The SMILES string of the molecule is CC(C)(C)OC(=O)N1Cc2ccc(S(C)(=O)=O)cc2C1. The third-order valence-electron chi connectivity index (χ3n) is 2.98. The first-order valence-corrected chi connectivity index (χ1v) is 8.25. The van der Waals surface area contributed by atoms with Crippen LogP contribution in [-0.4, -0.2) is 31.3 Å². The summed E-state index contributed by atoms with van der Waals surface area (Å²) >= 11 is 0. The third kappa shape index (κ3) is 3.30. The molecule has 1 aromatic rings. The minimum Gasteiger partial charge on any atom is -0.444 e. The van der Waals surface area contributed by atoms with E-state index in [9.17, 15) is 13.2 Å². The molecule has 0 bridgehead atoms. The van der Waals surface area contributed by atoms with E-state index in [0.29, 0.717) is 13.1 Å². The van der Waals surface area contributed by atoms with Gasteiger partial charge in [-0.25, -0.2) is 13.2 Å². The van der Waals surface area contributed by atoms with E-state index in [1.54, 1.807) is 23.1 Å². The van der Waals surface area contributed by atoms with Crippen molar-refractivity contribution >= 4 is 15.9 Å². The number of amides is 1. The van der Waals surface area contributed by atoms with Crippen LogP contribution in [0.25, 0.3) is 0 Å². The van der Waals surface area contributed by atoms with Crippen LogP contribution in [0.4, 0.5) is 4.79 Å². The zero-order valence-corrected chi connectivity index (χ0v) is 13.0. The minimum absolute atomic E-state index is 0.280. The second-order valence-corrected chi connectivity index (χ2v) is 8.05. The Hall–Kier alpha value is -1.56. The molecule has 0 aromatic heterocycles. The summed E-state index contributed by atoms with van der Waals surface area (Å²) in [6.07, 6.45) is 0.796. The van der Waals surface area contributed by atoms with Crippen LogP contribution in [0, 0.1) is 0 Å². The number of sulfone groups is 1. The van der Waals surface area contributed by atoms with Crippen LogP contribution in [-0.2, 0) is 27.7 Å². The highest BCUT2D eigenvalue weighted by Crippen LogP contribution is 2.26. The normalized spacial score (nSPS) is 15.1. The number of rotatable bonds is 1. The van der Waals surface area contributed by atoms with Gasteiger partial charge in [0.2, 0.25) is 0 Å². The van der Waals surface area contributed by atoms with Gasteiger partial charge in [-0.05, 0) is 44.0 Å². The van der Waals surface area contributed by atoms with Crippen molar-refractivity contribution in [2.45, 2.75) is 44.4 Å². The van der Waals surface area contributed by atoms with E-state index >= 15 is 0 Å². The molecule has 1 amide bonds. The Morgan fingerprint density at radius 3 is 2.35 bits per heavy atom. The maximum atomic E-state index is 12.0. The molecular formula is C14H19NO4S. The molecular weight excluding hydrogens is 278 g/mol. The van der Waals surface area contributed by atoms with Gasteiger partial charge in [-0.3, -0.25) is 4.90 Å². The lowest BCUT2D eigenvalue weighted by molar-refractivity contribution is 0.0242. The molecule has 2 rings (SSSR count). The van der Waals surface area contributed by atoms with Crippen LogP contribution >= 0.6 is 0 Å². The van der Waals surface area contributed by atoms with Gasteiger partial charge in [-0.1, -0.05) is 6.07 Å². The minimum atomic E-state index is -3.23. The maximum Gasteiger partial charge on any atom is 0.410 e. The smallest absolute Gasteiger partial charge is 0.410 e. The molecule has 1 aromatic carbocycles. The van der Waals surface area contributed by atoms with Crippen molar-refractivity contribution in [1.29, 1.82) is 0 Å². The summed E-state index contributed by atoms with van der Waals surface area (Å²) < 4.78 is 28.4. The quantitative estimate of drug-likeness (QED) is 0.798. The molecule has 110 valence electrons. The standard InChI is InChI=1S/C14H19NO4S/c1-14(2,3)19-13(16)15-8-10-5-6-12(20(4,17)18)7-11(10)9-15/h5-7H,8-9H2,1-4H3. The molecule has 0 N–H and O–H groups in total. The van der Waals surface area contributed by atoms with Crippen molar-refractivity contribution in [1.82, 2.24) is 4.90 Å². The second-order valence-electron chi connectivity index (χ2n) is 6.04. The first-order chi connectivity index (χ1) is 9.06. The molecule has 6 heteroatoms. The Kier molecular flexibility index (Phi) is 3.54. The van der Waals surface area contributed by atoms with Crippen molar-refractivity contribution < 1.29 is 17.9 Å². The fraction of sp³-hybridized carbons (Fsp3) is 0.500. The second kappa shape index (κ2) is 4.77. The van der Waals surface area contributed by atoms with Crippen LogP contribution < -0.4 is 0 Å². The molecule has 0 fully saturated rings. The predicted octanol–water partition coefficient (Wildman–Crippen LogP) is 2.34. The number of benzene rings is 1. The topological polar surface area (TPSA) is 63.7 Å². The van der Waals surface area contributed by atoms with Crippen LogP contribution in [0.3, 0.4) is 0 Å². The van der Waals surface area contributed by atoms with Gasteiger partial charge in [0.05, 0.1) is 4.90 Å². The average molecular weight is 297 g/mol. The highest BCUT2D eigenvalue weighted by atomic mass is 32.2.